The van der Waals surface area contributed by atoms with E-state index in [-0.39, 0.29) is 5.91 Å². The number of hydrogen-bond acceptors (Lipinski definition) is 3. The lowest BCUT2D eigenvalue weighted by molar-refractivity contribution is -0.118. The second-order valence-corrected chi connectivity index (χ2v) is 5.31. The zero-order valence-electron chi connectivity index (χ0n) is 11.9. The van der Waals surface area contributed by atoms with Gasteiger partial charge in [0.25, 0.3) is 0 Å². The van der Waals surface area contributed by atoms with E-state index in [9.17, 15) is 4.79 Å². The van der Waals surface area contributed by atoms with Gasteiger partial charge in [-0.05, 0) is 50.4 Å². The first kappa shape index (κ1) is 14.5. The van der Waals surface area contributed by atoms with E-state index in [2.05, 4.69) is 11.4 Å². The largest absolute Gasteiger partial charge is 0.317 e. The van der Waals surface area contributed by atoms with E-state index in [0.717, 1.165) is 32.4 Å². The predicted molar refractivity (Wildman–Crippen MR) is 79.4 cm³/mol. The quantitative estimate of drug-likeness (QED) is 0.914. The molecule has 1 N–H and O–H groups in total. The van der Waals surface area contributed by atoms with Crippen molar-refractivity contribution in [1.29, 1.82) is 5.26 Å². The molecular formula is C16H21N3O. The Morgan fingerprint density at radius 3 is 2.80 bits per heavy atom. The Bertz CT molecular complexity index is 501. The molecule has 1 aromatic rings. The van der Waals surface area contributed by atoms with Crippen LogP contribution in [0, 0.1) is 17.2 Å². The number of amides is 1. The summed E-state index contributed by atoms with van der Waals surface area (Å²) in [7, 11) is 1.75. The molecule has 106 valence electrons. The van der Waals surface area contributed by atoms with E-state index < -0.39 is 0 Å². The van der Waals surface area contributed by atoms with Crippen LogP contribution in [-0.4, -0.2) is 26.0 Å². The van der Waals surface area contributed by atoms with Gasteiger partial charge in [0.2, 0.25) is 5.91 Å². The molecule has 20 heavy (non-hydrogen) atoms. The smallest absolute Gasteiger partial charge is 0.226 e. The third-order valence-electron chi connectivity index (χ3n) is 3.99. The highest BCUT2D eigenvalue weighted by atomic mass is 16.2. The summed E-state index contributed by atoms with van der Waals surface area (Å²) < 4.78 is 0. The Balaban J connectivity index is 1.93. The molecule has 4 nitrogen and oxygen atoms in total. The molecule has 0 aliphatic carbocycles. The van der Waals surface area contributed by atoms with Gasteiger partial charge in [-0.1, -0.05) is 12.1 Å². The Hall–Kier alpha value is -1.86. The number of anilines is 1. The molecule has 1 saturated heterocycles. The molecular weight excluding hydrogens is 250 g/mol. The number of para-hydroxylation sites is 1. The van der Waals surface area contributed by atoms with Crippen molar-refractivity contribution in [2.24, 2.45) is 5.92 Å². The van der Waals surface area contributed by atoms with E-state index in [1.807, 2.05) is 18.2 Å². The average Bonchev–Trinajstić information content (AvgIpc) is 2.52. The summed E-state index contributed by atoms with van der Waals surface area (Å²) in [5, 5.41) is 12.4. The number of hydrogen-bond donors (Lipinski definition) is 1. The van der Waals surface area contributed by atoms with Crippen molar-refractivity contribution in [3.05, 3.63) is 29.8 Å². The molecule has 1 fully saturated rings. The average molecular weight is 271 g/mol. The molecule has 1 heterocycles. The van der Waals surface area contributed by atoms with Crippen molar-refractivity contribution in [1.82, 2.24) is 5.32 Å². The summed E-state index contributed by atoms with van der Waals surface area (Å²) >= 11 is 0. The van der Waals surface area contributed by atoms with Gasteiger partial charge in [0, 0.05) is 13.5 Å². The van der Waals surface area contributed by atoms with Crippen molar-refractivity contribution in [3.8, 4) is 6.07 Å². The van der Waals surface area contributed by atoms with E-state index in [0.29, 0.717) is 23.6 Å². The summed E-state index contributed by atoms with van der Waals surface area (Å²) in [5.74, 6) is 0.742. The normalized spacial score (nSPS) is 15.6. The molecule has 0 spiro atoms. The SMILES string of the molecule is CN(C(=O)CCC1CCNCC1)c1ccccc1C#N. The second kappa shape index (κ2) is 7.06. The maximum Gasteiger partial charge on any atom is 0.226 e. The minimum absolute atomic E-state index is 0.0891. The van der Waals surface area contributed by atoms with Crippen LogP contribution in [0.2, 0.25) is 0 Å². The molecule has 0 atom stereocenters. The maximum absolute atomic E-state index is 12.3. The number of nitriles is 1. The minimum atomic E-state index is 0.0891. The summed E-state index contributed by atoms with van der Waals surface area (Å²) in [6.45, 7) is 2.12. The van der Waals surface area contributed by atoms with E-state index >= 15 is 0 Å². The number of carbonyl (C=O) groups is 1. The molecule has 1 aliphatic rings. The van der Waals surface area contributed by atoms with Crippen molar-refractivity contribution < 1.29 is 4.79 Å². The first-order chi connectivity index (χ1) is 9.72. The fraction of sp³-hybridized carbons (Fsp3) is 0.500. The molecule has 4 heteroatoms. The zero-order chi connectivity index (χ0) is 14.4. The number of piperidine rings is 1. The first-order valence-electron chi connectivity index (χ1n) is 7.18. The monoisotopic (exact) mass is 271 g/mol. The van der Waals surface area contributed by atoms with Crippen LogP contribution >= 0.6 is 0 Å². The highest BCUT2D eigenvalue weighted by molar-refractivity contribution is 5.94. The van der Waals surface area contributed by atoms with Gasteiger partial charge in [-0.2, -0.15) is 5.26 Å². The van der Waals surface area contributed by atoms with Crippen molar-refractivity contribution >= 4 is 11.6 Å². The molecule has 1 amide bonds. The standard InChI is InChI=1S/C16H21N3O/c1-19(15-5-3-2-4-14(15)12-17)16(20)7-6-13-8-10-18-11-9-13/h2-5,13,18H,6-11H2,1H3. The molecule has 0 aromatic heterocycles. The molecule has 0 unspecified atom stereocenters. The molecule has 0 saturated carbocycles. The Labute approximate surface area is 120 Å². The van der Waals surface area contributed by atoms with Crippen LogP contribution in [0.1, 0.15) is 31.2 Å². The molecule has 0 radical (unpaired) electrons. The number of rotatable bonds is 4. The van der Waals surface area contributed by atoms with Crippen LogP contribution in [-0.2, 0) is 4.79 Å². The molecule has 2 rings (SSSR count). The Morgan fingerprint density at radius 1 is 1.40 bits per heavy atom. The van der Waals surface area contributed by atoms with E-state index in [1.54, 1.807) is 18.0 Å². The lowest BCUT2D eigenvalue weighted by Gasteiger charge is -2.24. The van der Waals surface area contributed by atoms with Gasteiger partial charge < -0.3 is 10.2 Å². The van der Waals surface area contributed by atoms with Gasteiger partial charge in [0.1, 0.15) is 6.07 Å². The lowest BCUT2D eigenvalue weighted by Crippen LogP contribution is -2.30. The van der Waals surface area contributed by atoms with Crippen molar-refractivity contribution in [2.75, 3.05) is 25.0 Å². The third-order valence-corrected chi connectivity index (χ3v) is 3.99. The molecule has 1 aliphatic heterocycles. The molecule has 1 aromatic carbocycles. The van der Waals surface area contributed by atoms with Crippen molar-refractivity contribution in [2.45, 2.75) is 25.7 Å². The Kier molecular flexibility index (Phi) is 5.14. The van der Waals surface area contributed by atoms with Crippen LogP contribution in [0.3, 0.4) is 0 Å². The zero-order valence-corrected chi connectivity index (χ0v) is 11.9. The molecule has 0 bridgehead atoms. The lowest BCUT2D eigenvalue weighted by atomic mass is 9.93. The number of nitrogens with zero attached hydrogens (tertiary/aromatic N) is 2. The van der Waals surface area contributed by atoms with Gasteiger partial charge in [0.15, 0.2) is 0 Å². The third kappa shape index (κ3) is 3.58. The van der Waals surface area contributed by atoms with Gasteiger partial charge >= 0.3 is 0 Å². The topological polar surface area (TPSA) is 56.1 Å². The van der Waals surface area contributed by atoms with Gasteiger partial charge in [0.05, 0.1) is 11.3 Å². The van der Waals surface area contributed by atoms with Crippen LogP contribution in [0.5, 0.6) is 0 Å². The minimum Gasteiger partial charge on any atom is -0.317 e. The maximum atomic E-state index is 12.3. The summed E-state index contributed by atoms with van der Waals surface area (Å²) in [4.78, 5) is 13.9. The summed E-state index contributed by atoms with van der Waals surface area (Å²) in [5.41, 5.74) is 1.25. The highest BCUT2D eigenvalue weighted by Crippen LogP contribution is 2.22. The number of benzene rings is 1. The number of carbonyl (C=O) groups excluding carboxylic acids is 1. The van der Waals surface area contributed by atoms with Crippen molar-refractivity contribution in [3.63, 3.8) is 0 Å². The number of nitrogens with one attached hydrogen (secondary N) is 1. The van der Waals surface area contributed by atoms with Crippen LogP contribution in [0.4, 0.5) is 5.69 Å². The first-order valence-corrected chi connectivity index (χ1v) is 7.18. The highest BCUT2D eigenvalue weighted by Gasteiger charge is 2.18. The fourth-order valence-electron chi connectivity index (χ4n) is 2.66. The fourth-order valence-corrected chi connectivity index (χ4v) is 2.66. The van der Waals surface area contributed by atoms with E-state index in [1.165, 1.54) is 0 Å². The predicted octanol–water partition coefficient (Wildman–Crippen LogP) is 2.30. The van der Waals surface area contributed by atoms with Crippen LogP contribution < -0.4 is 10.2 Å². The van der Waals surface area contributed by atoms with Gasteiger partial charge in [-0.15, -0.1) is 0 Å². The van der Waals surface area contributed by atoms with Crippen LogP contribution in [0.15, 0.2) is 24.3 Å². The van der Waals surface area contributed by atoms with Gasteiger partial charge in [-0.3, -0.25) is 4.79 Å². The second-order valence-electron chi connectivity index (χ2n) is 5.31. The summed E-state index contributed by atoms with van der Waals surface area (Å²) in [6, 6.07) is 9.37. The van der Waals surface area contributed by atoms with E-state index in [4.69, 9.17) is 5.26 Å². The summed E-state index contributed by atoms with van der Waals surface area (Å²) in [6.07, 6.45) is 3.82. The van der Waals surface area contributed by atoms with Crippen LogP contribution in [0.25, 0.3) is 0 Å². The Morgan fingerprint density at radius 2 is 2.10 bits per heavy atom. The van der Waals surface area contributed by atoms with Gasteiger partial charge in [-0.25, -0.2) is 0 Å².